The molecule has 1 atom stereocenters. The first kappa shape index (κ1) is 10.8. The van der Waals surface area contributed by atoms with Crippen molar-refractivity contribution in [3.63, 3.8) is 0 Å². The summed E-state index contributed by atoms with van der Waals surface area (Å²) in [7, 11) is 0.783. The van der Waals surface area contributed by atoms with Crippen LogP contribution < -0.4 is 0 Å². The lowest BCUT2D eigenvalue weighted by Gasteiger charge is -2.12. The Labute approximate surface area is 66.0 Å². The van der Waals surface area contributed by atoms with Gasteiger partial charge in [-0.15, -0.1) is 0 Å². The maximum atomic E-state index is 12.1. The molecular formula is C6H13BF2O2. The molecule has 0 aromatic carbocycles. The van der Waals surface area contributed by atoms with Gasteiger partial charge >= 0.3 is 0 Å². The number of hydrogen-bond acceptors (Lipinski definition) is 2. The van der Waals surface area contributed by atoms with E-state index in [1.54, 1.807) is 6.92 Å². The van der Waals surface area contributed by atoms with Gasteiger partial charge in [0.25, 0.3) is 0 Å². The molecule has 0 aliphatic heterocycles. The van der Waals surface area contributed by atoms with Gasteiger partial charge in [0.1, 0.15) is 6.61 Å². The molecule has 5 heteroatoms. The Balaban J connectivity index is 3.28. The summed E-state index contributed by atoms with van der Waals surface area (Å²) < 4.78 is 28.7. The van der Waals surface area contributed by atoms with Gasteiger partial charge in [-0.3, -0.25) is 0 Å². The highest BCUT2D eigenvalue weighted by molar-refractivity contribution is 6.13. The molecule has 0 rings (SSSR count). The van der Waals surface area contributed by atoms with Gasteiger partial charge in [-0.25, -0.2) is 8.78 Å². The fraction of sp³-hybridized carbons (Fsp3) is 1.00. The topological polar surface area (TPSA) is 29.5 Å². The molecule has 1 N–H and O–H groups in total. The van der Waals surface area contributed by atoms with E-state index in [-0.39, 0.29) is 6.61 Å². The third kappa shape index (κ3) is 7.74. The lowest BCUT2D eigenvalue weighted by atomic mass is 10.0. The molecule has 0 aliphatic rings. The minimum atomic E-state index is -2.80. The first-order valence-electron chi connectivity index (χ1n) is 3.59. The van der Waals surface area contributed by atoms with Crippen LogP contribution in [0.25, 0.3) is 0 Å². The van der Waals surface area contributed by atoms with Crippen molar-refractivity contribution in [3.8, 4) is 0 Å². The van der Waals surface area contributed by atoms with Crippen LogP contribution in [0.3, 0.4) is 0 Å². The molecule has 11 heavy (non-hydrogen) atoms. The second kappa shape index (κ2) is 4.67. The minimum absolute atomic E-state index is 0.0140. The van der Waals surface area contributed by atoms with Crippen molar-refractivity contribution in [3.05, 3.63) is 0 Å². The lowest BCUT2D eigenvalue weighted by molar-refractivity contribution is -0.0420. The van der Waals surface area contributed by atoms with E-state index in [0.717, 1.165) is 7.85 Å². The third-order valence-electron chi connectivity index (χ3n) is 1.14. The molecule has 1 unspecified atom stereocenters. The van der Waals surface area contributed by atoms with Crippen LogP contribution in [0.5, 0.6) is 0 Å². The molecule has 0 heterocycles. The largest absolute Gasteiger partial charge is 0.391 e. The average molecular weight is 166 g/mol. The van der Waals surface area contributed by atoms with Crippen molar-refractivity contribution < 1.29 is 18.6 Å². The van der Waals surface area contributed by atoms with E-state index in [4.69, 9.17) is 5.11 Å². The van der Waals surface area contributed by atoms with Gasteiger partial charge in [-0.1, -0.05) is 6.92 Å². The number of rotatable bonds is 5. The summed E-state index contributed by atoms with van der Waals surface area (Å²) in [6.45, 7) is 1.13. The van der Waals surface area contributed by atoms with E-state index in [1.807, 2.05) is 0 Å². The van der Waals surface area contributed by atoms with Gasteiger partial charge < -0.3 is 9.84 Å². The van der Waals surface area contributed by atoms with Gasteiger partial charge in [-0.05, 0) is 6.42 Å². The number of halogens is 2. The minimum Gasteiger partial charge on any atom is -0.391 e. The van der Waals surface area contributed by atoms with Crippen molar-refractivity contribution in [2.75, 3.05) is 13.2 Å². The zero-order chi connectivity index (χ0) is 8.91. The average Bonchev–Trinajstić information content (AvgIpc) is 1.85. The van der Waals surface area contributed by atoms with Crippen LogP contribution in [0, 0.1) is 0 Å². The van der Waals surface area contributed by atoms with E-state index in [0.29, 0.717) is 6.42 Å². The Hall–Kier alpha value is -0.155. The molecule has 0 aromatic heterocycles. The van der Waals surface area contributed by atoms with Crippen LogP contribution in [-0.4, -0.2) is 38.1 Å². The van der Waals surface area contributed by atoms with Gasteiger partial charge in [0, 0.05) is 0 Å². The molecule has 66 valence electrons. The molecule has 0 aliphatic carbocycles. The van der Waals surface area contributed by atoms with E-state index < -0.39 is 18.5 Å². The van der Waals surface area contributed by atoms with Crippen LogP contribution in [0.1, 0.15) is 13.3 Å². The molecule has 0 fully saturated rings. The Kier molecular flexibility index (Phi) is 4.60. The monoisotopic (exact) mass is 166 g/mol. The zero-order valence-electron chi connectivity index (χ0n) is 6.81. The maximum Gasteiger partial charge on any atom is 0.229 e. The second-order valence-electron chi connectivity index (χ2n) is 2.65. The highest BCUT2D eigenvalue weighted by atomic mass is 19.3. The number of aliphatic hydroxyl groups is 1. The normalized spacial score (nSPS) is 14.9. The molecule has 0 radical (unpaired) electrons. The summed E-state index contributed by atoms with van der Waals surface area (Å²) in [5.74, 6) is -2.80. The van der Waals surface area contributed by atoms with Gasteiger partial charge in [0.15, 0.2) is 7.85 Å². The van der Waals surface area contributed by atoms with Crippen molar-refractivity contribution >= 4 is 7.85 Å². The number of alkyl halides is 2. The van der Waals surface area contributed by atoms with Crippen molar-refractivity contribution in [1.29, 1.82) is 0 Å². The van der Waals surface area contributed by atoms with Gasteiger partial charge in [0.2, 0.25) is 5.82 Å². The molecule has 0 saturated carbocycles. The molecule has 0 aromatic rings. The smallest absolute Gasteiger partial charge is 0.229 e. The second-order valence-corrected chi connectivity index (χ2v) is 2.65. The van der Waals surface area contributed by atoms with Crippen molar-refractivity contribution in [2.45, 2.75) is 25.3 Å². The number of ether oxygens (including phenoxy) is 1. The predicted octanol–water partition coefficient (Wildman–Crippen LogP) is -0.000200. The molecule has 2 nitrogen and oxygen atoms in total. The summed E-state index contributed by atoms with van der Waals surface area (Å²) in [5, 5.41) is 8.88. The molecule has 0 saturated heterocycles. The predicted molar refractivity (Wildman–Crippen MR) is 40.6 cm³/mol. The fourth-order valence-electron chi connectivity index (χ4n) is 0.492. The van der Waals surface area contributed by atoms with E-state index in [2.05, 4.69) is 4.74 Å². The quantitative estimate of drug-likeness (QED) is 0.582. The maximum absolute atomic E-state index is 12.1. The summed E-state index contributed by atoms with van der Waals surface area (Å²) in [6.07, 6.45) is -0.104. The molecular weight excluding hydrogens is 153 g/mol. The Morgan fingerprint density at radius 1 is 1.64 bits per heavy atom. The standard InChI is InChI=1S/C6H13BF2O2/c1-2-5(10)3-11-4-6(7,8)9/h5,10H,2-4,7H2,1H3. The Morgan fingerprint density at radius 3 is 2.55 bits per heavy atom. The number of aliphatic hydroxyl groups excluding tert-OH is 1. The third-order valence-corrected chi connectivity index (χ3v) is 1.14. The van der Waals surface area contributed by atoms with E-state index in [1.165, 1.54) is 0 Å². The van der Waals surface area contributed by atoms with E-state index in [9.17, 15) is 8.78 Å². The zero-order valence-corrected chi connectivity index (χ0v) is 6.81. The first-order valence-corrected chi connectivity index (χ1v) is 3.59. The highest BCUT2D eigenvalue weighted by Crippen LogP contribution is 2.07. The van der Waals surface area contributed by atoms with Crippen LogP contribution in [-0.2, 0) is 4.74 Å². The van der Waals surface area contributed by atoms with Crippen LogP contribution >= 0.6 is 0 Å². The Bertz CT molecular complexity index is 105. The highest BCUT2D eigenvalue weighted by Gasteiger charge is 2.21. The SMILES string of the molecule is BC(F)(F)COCC(O)CC. The molecule has 0 amide bonds. The summed E-state index contributed by atoms with van der Waals surface area (Å²) in [5.41, 5.74) is 0. The Morgan fingerprint density at radius 2 is 2.18 bits per heavy atom. The van der Waals surface area contributed by atoms with Crippen molar-refractivity contribution in [2.24, 2.45) is 0 Å². The summed E-state index contributed by atoms with van der Waals surface area (Å²) >= 11 is 0. The summed E-state index contributed by atoms with van der Waals surface area (Å²) in [4.78, 5) is 0. The number of hydrogen-bond donors (Lipinski definition) is 1. The molecule has 0 spiro atoms. The lowest BCUT2D eigenvalue weighted by Crippen LogP contribution is -2.26. The van der Waals surface area contributed by atoms with Gasteiger partial charge in [0.05, 0.1) is 12.7 Å². The van der Waals surface area contributed by atoms with Gasteiger partial charge in [-0.2, -0.15) is 0 Å². The van der Waals surface area contributed by atoms with Crippen molar-refractivity contribution in [1.82, 2.24) is 0 Å². The fourth-order valence-corrected chi connectivity index (χ4v) is 0.492. The van der Waals surface area contributed by atoms with Crippen LogP contribution in [0.4, 0.5) is 8.78 Å². The molecule has 0 bridgehead atoms. The van der Waals surface area contributed by atoms with E-state index >= 15 is 0 Å². The van der Waals surface area contributed by atoms with Crippen LogP contribution in [0.2, 0.25) is 0 Å². The summed E-state index contributed by atoms with van der Waals surface area (Å²) in [6, 6.07) is 0. The van der Waals surface area contributed by atoms with Crippen LogP contribution in [0.15, 0.2) is 0 Å². The first-order chi connectivity index (χ1) is 4.95.